The highest BCUT2D eigenvalue weighted by Crippen LogP contribution is 2.25. The molecule has 4 aromatic rings. The lowest BCUT2D eigenvalue weighted by Gasteiger charge is -2.07. The van der Waals surface area contributed by atoms with Crippen LogP contribution in [0.3, 0.4) is 0 Å². The van der Waals surface area contributed by atoms with E-state index in [2.05, 4.69) is 52.6 Å². The molecule has 0 unspecified atom stereocenters. The fourth-order valence-electron chi connectivity index (χ4n) is 3.00. The average molecular weight is 348 g/mol. The maximum Gasteiger partial charge on any atom is 0.166 e. The van der Waals surface area contributed by atoms with Gasteiger partial charge in [-0.15, -0.1) is 0 Å². The number of benzene rings is 1. The second kappa shape index (κ2) is 6.76. The molecule has 1 aromatic carbocycles. The third-order valence-corrected chi connectivity index (χ3v) is 5.38. The Kier molecular flexibility index (Phi) is 4.32. The summed E-state index contributed by atoms with van der Waals surface area (Å²) >= 11 is 1.70. The Bertz CT molecular complexity index is 1000. The van der Waals surface area contributed by atoms with Crippen molar-refractivity contribution in [3.63, 3.8) is 0 Å². The molecule has 0 amide bonds. The van der Waals surface area contributed by atoms with Crippen molar-refractivity contribution >= 4 is 22.8 Å². The molecule has 4 rings (SSSR count). The van der Waals surface area contributed by atoms with Gasteiger partial charge in [-0.2, -0.15) is 0 Å². The number of hydrogen-bond acceptors (Lipinski definition) is 3. The maximum absolute atomic E-state index is 4.69. The number of aromatic nitrogens is 4. The number of H-pyrrole nitrogens is 1. The number of nitrogens with one attached hydrogen (secondary N) is 1. The summed E-state index contributed by atoms with van der Waals surface area (Å²) in [6.07, 6.45) is 7.03. The molecule has 25 heavy (non-hydrogen) atoms. The molecule has 126 valence electrons. The van der Waals surface area contributed by atoms with Gasteiger partial charge in [-0.25, -0.2) is 4.98 Å². The van der Waals surface area contributed by atoms with Crippen molar-refractivity contribution in [2.24, 2.45) is 0 Å². The summed E-state index contributed by atoms with van der Waals surface area (Å²) in [5, 5.41) is 0.933. The lowest BCUT2D eigenvalue weighted by atomic mass is 10.1. The van der Waals surface area contributed by atoms with Crippen molar-refractivity contribution in [3.05, 3.63) is 71.8 Å². The number of pyridine rings is 1. The van der Waals surface area contributed by atoms with Crippen molar-refractivity contribution in [2.45, 2.75) is 31.2 Å². The first-order valence-electron chi connectivity index (χ1n) is 8.44. The summed E-state index contributed by atoms with van der Waals surface area (Å²) < 4.78 is 2.09. The quantitative estimate of drug-likeness (QED) is 0.521. The fraction of sp³-hybridized carbons (Fsp3) is 0.200. The van der Waals surface area contributed by atoms with Gasteiger partial charge in [-0.05, 0) is 60.9 Å². The lowest BCUT2D eigenvalue weighted by molar-refractivity contribution is 1.03. The van der Waals surface area contributed by atoms with Crippen LogP contribution in [0.1, 0.15) is 23.7 Å². The van der Waals surface area contributed by atoms with Gasteiger partial charge in [-0.1, -0.05) is 18.7 Å². The molecule has 0 fully saturated rings. The second-order valence-electron chi connectivity index (χ2n) is 6.02. The van der Waals surface area contributed by atoms with Crippen molar-refractivity contribution in [1.29, 1.82) is 0 Å². The van der Waals surface area contributed by atoms with Crippen LogP contribution in [-0.2, 0) is 12.2 Å². The molecule has 0 aliphatic rings. The van der Waals surface area contributed by atoms with E-state index in [0.29, 0.717) is 0 Å². The molecule has 0 saturated carbocycles. The molecular weight excluding hydrogens is 328 g/mol. The normalized spacial score (nSPS) is 11.3. The lowest BCUT2D eigenvalue weighted by Crippen LogP contribution is -1.96. The van der Waals surface area contributed by atoms with Crippen LogP contribution in [0.2, 0.25) is 0 Å². The van der Waals surface area contributed by atoms with Crippen LogP contribution in [0.4, 0.5) is 0 Å². The number of nitrogens with zero attached hydrogens (tertiary/aromatic N) is 3. The third kappa shape index (κ3) is 3.20. The van der Waals surface area contributed by atoms with Gasteiger partial charge in [-0.3, -0.25) is 4.98 Å². The van der Waals surface area contributed by atoms with E-state index in [9.17, 15) is 0 Å². The molecule has 0 bridgehead atoms. The van der Waals surface area contributed by atoms with E-state index in [-0.39, 0.29) is 0 Å². The molecule has 0 atom stereocenters. The number of fused-ring (bicyclic) bond motifs is 1. The predicted molar refractivity (Wildman–Crippen MR) is 103 cm³/mol. The summed E-state index contributed by atoms with van der Waals surface area (Å²) in [4.78, 5) is 12.7. The van der Waals surface area contributed by atoms with Crippen LogP contribution in [0, 0.1) is 6.92 Å². The highest BCUT2D eigenvalue weighted by atomic mass is 32.2. The van der Waals surface area contributed by atoms with E-state index < -0.39 is 0 Å². The first-order chi connectivity index (χ1) is 12.2. The molecule has 5 heteroatoms. The molecule has 0 spiro atoms. The number of thioether (sulfide) groups is 1. The van der Waals surface area contributed by atoms with Gasteiger partial charge in [0.15, 0.2) is 5.16 Å². The smallest absolute Gasteiger partial charge is 0.166 e. The first-order valence-corrected chi connectivity index (χ1v) is 9.42. The minimum atomic E-state index is 0.823. The van der Waals surface area contributed by atoms with Gasteiger partial charge < -0.3 is 9.55 Å². The van der Waals surface area contributed by atoms with E-state index in [4.69, 9.17) is 4.98 Å². The molecule has 0 aliphatic heterocycles. The number of rotatable bonds is 5. The molecule has 0 radical (unpaired) electrons. The average Bonchev–Trinajstić information content (AvgIpc) is 3.29. The molecule has 3 aromatic heterocycles. The van der Waals surface area contributed by atoms with Gasteiger partial charge in [0.1, 0.15) is 0 Å². The van der Waals surface area contributed by atoms with Crippen LogP contribution in [-0.4, -0.2) is 19.5 Å². The van der Waals surface area contributed by atoms with Crippen molar-refractivity contribution in [1.82, 2.24) is 19.5 Å². The number of aromatic amines is 1. The monoisotopic (exact) mass is 348 g/mol. The van der Waals surface area contributed by atoms with Crippen molar-refractivity contribution in [2.75, 3.05) is 0 Å². The summed E-state index contributed by atoms with van der Waals surface area (Å²) in [5.41, 5.74) is 6.98. The molecule has 0 saturated heterocycles. The summed E-state index contributed by atoms with van der Waals surface area (Å²) in [7, 11) is 0. The number of hydrogen-bond donors (Lipinski definition) is 1. The molecule has 0 aliphatic carbocycles. The highest BCUT2D eigenvalue weighted by Gasteiger charge is 2.08. The van der Waals surface area contributed by atoms with Gasteiger partial charge in [0.2, 0.25) is 0 Å². The van der Waals surface area contributed by atoms with Crippen molar-refractivity contribution in [3.8, 4) is 5.69 Å². The Balaban J connectivity index is 1.56. The van der Waals surface area contributed by atoms with E-state index >= 15 is 0 Å². The zero-order valence-corrected chi connectivity index (χ0v) is 15.2. The highest BCUT2D eigenvalue weighted by molar-refractivity contribution is 7.98. The van der Waals surface area contributed by atoms with Gasteiger partial charge in [0.05, 0.1) is 16.7 Å². The van der Waals surface area contributed by atoms with Gasteiger partial charge in [0, 0.05) is 30.0 Å². The summed E-state index contributed by atoms with van der Waals surface area (Å²) in [6.45, 7) is 4.34. The fourth-order valence-corrected chi connectivity index (χ4v) is 3.91. The predicted octanol–water partition coefficient (Wildman–Crippen LogP) is 4.91. The zero-order valence-electron chi connectivity index (χ0n) is 14.4. The Labute approximate surface area is 151 Å². The summed E-state index contributed by atoms with van der Waals surface area (Å²) in [6, 6.07) is 12.4. The molecule has 4 nitrogen and oxygen atoms in total. The minimum absolute atomic E-state index is 0.823. The Morgan fingerprint density at radius 1 is 1.16 bits per heavy atom. The number of imidazole rings is 1. The van der Waals surface area contributed by atoms with Crippen LogP contribution in [0.25, 0.3) is 16.7 Å². The molecule has 3 heterocycles. The maximum atomic E-state index is 4.69. The topological polar surface area (TPSA) is 46.5 Å². The van der Waals surface area contributed by atoms with Crippen LogP contribution in [0.15, 0.2) is 60.1 Å². The molecular formula is C20H20N4S. The zero-order chi connectivity index (χ0) is 17.2. The van der Waals surface area contributed by atoms with E-state index in [1.807, 2.05) is 30.7 Å². The van der Waals surface area contributed by atoms with Crippen LogP contribution in [0.5, 0.6) is 0 Å². The van der Waals surface area contributed by atoms with E-state index in [0.717, 1.165) is 39.7 Å². The summed E-state index contributed by atoms with van der Waals surface area (Å²) in [5.74, 6) is 0.823. The number of aryl methyl sites for hydroxylation is 1. The third-order valence-electron chi connectivity index (χ3n) is 4.49. The van der Waals surface area contributed by atoms with Gasteiger partial charge >= 0.3 is 0 Å². The largest absolute Gasteiger partial charge is 0.333 e. The SMILES string of the molecule is CCc1ccnc(CSc2nc3ccc(-n4cccc4)cc3[nH]2)c1C. The van der Waals surface area contributed by atoms with Gasteiger partial charge in [0.25, 0.3) is 0 Å². The Morgan fingerprint density at radius 2 is 2.00 bits per heavy atom. The molecule has 1 N–H and O–H groups in total. The standard InChI is InChI=1S/C20H20N4S/c1-3-15-8-9-21-19(14(15)2)13-25-20-22-17-7-6-16(12-18(17)23-20)24-10-4-5-11-24/h4-12H,3,13H2,1-2H3,(H,22,23). The van der Waals surface area contributed by atoms with E-state index in [1.54, 1.807) is 11.8 Å². The van der Waals surface area contributed by atoms with Crippen molar-refractivity contribution < 1.29 is 0 Å². The first kappa shape index (κ1) is 16.0. The van der Waals surface area contributed by atoms with E-state index in [1.165, 1.54) is 11.1 Å². The second-order valence-corrected chi connectivity index (χ2v) is 6.98. The Hall–Kier alpha value is -2.53. The Morgan fingerprint density at radius 3 is 2.80 bits per heavy atom. The van der Waals surface area contributed by atoms with Crippen LogP contribution < -0.4 is 0 Å². The van der Waals surface area contributed by atoms with Crippen LogP contribution >= 0.6 is 11.8 Å². The minimum Gasteiger partial charge on any atom is -0.333 e.